The molecule has 0 saturated carbocycles. The molecule has 3 nitrogen and oxygen atoms in total. The van der Waals surface area contributed by atoms with E-state index in [1.165, 1.54) is 17.0 Å². The lowest BCUT2D eigenvalue weighted by molar-refractivity contribution is -0.107. The van der Waals surface area contributed by atoms with Crippen molar-refractivity contribution in [2.75, 3.05) is 11.9 Å². The van der Waals surface area contributed by atoms with Crippen molar-refractivity contribution in [2.45, 2.75) is 6.42 Å². The van der Waals surface area contributed by atoms with Crippen molar-refractivity contribution in [2.24, 2.45) is 0 Å². The van der Waals surface area contributed by atoms with E-state index in [4.69, 9.17) is 0 Å². The van der Waals surface area contributed by atoms with Gasteiger partial charge in [-0.05, 0) is 35.9 Å². The third-order valence-corrected chi connectivity index (χ3v) is 3.14. The van der Waals surface area contributed by atoms with Gasteiger partial charge in [-0.3, -0.25) is 9.59 Å². The Hall–Kier alpha value is -2.56. The normalized spacial score (nSPS) is 10.2. The second-order valence-electron chi connectivity index (χ2n) is 4.58. The Morgan fingerprint density at radius 3 is 2.43 bits per heavy atom. The average Bonchev–Trinajstić information content (AvgIpc) is 2.51. The van der Waals surface area contributed by atoms with Gasteiger partial charge < -0.3 is 4.90 Å². The van der Waals surface area contributed by atoms with Gasteiger partial charge in [0.25, 0.3) is 0 Å². The van der Waals surface area contributed by atoms with Gasteiger partial charge in [0.1, 0.15) is 0 Å². The Labute approximate surface area is 120 Å². The largest absolute Gasteiger partial charge is 0.318 e. The van der Waals surface area contributed by atoms with Gasteiger partial charge in [-0.15, -0.1) is 0 Å². The smallest absolute Gasteiger partial charge is 0.213 e. The highest BCUT2D eigenvalue weighted by atomic mass is 19.2. The fraction of sp³-hybridized carbons (Fsp3) is 0.125. The Kier molecular flexibility index (Phi) is 4.42. The number of rotatable bonds is 5. The number of amides is 1. The number of benzene rings is 2. The summed E-state index contributed by atoms with van der Waals surface area (Å²) in [7, 11) is 1.59. The van der Waals surface area contributed by atoms with Crippen LogP contribution in [0.25, 0.3) is 0 Å². The summed E-state index contributed by atoms with van der Waals surface area (Å²) < 4.78 is 26.6. The predicted molar refractivity (Wildman–Crippen MR) is 75.3 cm³/mol. The molecule has 0 aliphatic carbocycles. The molecule has 0 heterocycles. The highest BCUT2D eigenvalue weighted by Crippen LogP contribution is 2.17. The average molecular weight is 289 g/mol. The summed E-state index contributed by atoms with van der Waals surface area (Å²) in [6, 6.07) is 10.1. The SMILES string of the molecule is CN(C=O)c1ccc(C(=O)Cc2cccc(F)c2F)cc1. The minimum Gasteiger partial charge on any atom is -0.318 e. The van der Waals surface area contributed by atoms with Crippen LogP contribution in [0.2, 0.25) is 0 Å². The van der Waals surface area contributed by atoms with Crippen molar-refractivity contribution in [1.82, 2.24) is 0 Å². The molecule has 0 N–H and O–H groups in total. The lowest BCUT2D eigenvalue weighted by Crippen LogP contribution is -2.13. The lowest BCUT2D eigenvalue weighted by atomic mass is 10.0. The molecule has 2 aromatic rings. The molecular formula is C16H13F2NO2. The number of carbonyl (C=O) groups excluding carboxylic acids is 2. The van der Waals surface area contributed by atoms with Crippen molar-refractivity contribution in [3.8, 4) is 0 Å². The van der Waals surface area contributed by atoms with Crippen molar-refractivity contribution >= 4 is 17.9 Å². The Bertz CT molecular complexity index is 668. The summed E-state index contributed by atoms with van der Waals surface area (Å²) in [6.45, 7) is 0. The summed E-state index contributed by atoms with van der Waals surface area (Å²) in [6.07, 6.45) is 0.436. The highest BCUT2D eigenvalue weighted by Gasteiger charge is 2.13. The fourth-order valence-electron chi connectivity index (χ4n) is 1.90. The summed E-state index contributed by atoms with van der Waals surface area (Å²) in [5, 5.41) is 0. The van der Waals surface area contributed by atoms with Gasteiger partial charge in [-0.1, -0.05) is 12.1 Å². The van der Waals surface area contributed by atoms with Gasteiger partial charge in [0, 0.05) is 24.7 Å². The van der Waals surface area contributed by atoms with Gasteiger partial charge in [0.2, 0.25) is 6.41 Å². The Morgan fingerprint density at radius 1 is 1.14 bits per heavy atom. The van der Waals surface area contributed by atoms with Crippen molar-refractivity contribution in [1.29, 1.82) is 0 Å². The van der Waals surface area contributed by atoms with Crippen LogP contribution in [0.4, 0.5) is 14.5 Å². The quantitative estimate of drug-likeness (QED) is 0.627. The van der Waals surface area contributed by atoms with E-state index in [9.17, 15) is 18.4 Å². The third-order valence-electron chi connectivity index (χ3n) is 3.14. The second kappa shape index (κ2) is 6.26. The molecule has 0 spiro atoms. The van der Waals surface area contributed by atoms with Gasteiger partial charge in [0.15, 0.2) is 17.4 Å². The first-order chi connectivity index (χ1) is 10.0. The van der Waals surface area contributed by atoms with Crippen LogP contribution in [0.15, 0.2) is 42.5 Å². The van der Waals surface area contributed by atoms with Gasteiger partial charge >= 0.3 is 0 Å². The van der Waals surface area contributed by atoms with Crippen LogP contribution in [0.3, 0.4) is 0 Å². The molecule has 1 amide bonds. The third kappa shape index (κ3) is 3.31. The summed E-state index contributed by atoms with van der Waals surface area (Å²) in [4.78, 5) is 24.0. The molecule has 0 aliphatic rings. The first-order valence-electron chi connectivity index (χ1n) is 6.27. The van der Waals surface area contributed by atoms with E-state index >= 15 is 0 Å². The van der Waals surface area contributed by atoms with Crippen molar-refractivity contribution in [3.63, 3.8) is 0 Å². The zero-order valence-corrected chi connectivity index (χ0v) is 11.3. The maximum Gasteiger partial charge on any atom is 0.213 e. The van der Waals surface area contributed by atoms with Crippen LogP contribution in [0.5, 0.6) is 0 Å². The molecule has 0 radical (unpaired) electrons. The first kappa shape index (κ1) is 14.8. The van der Waals surface area contributed by atoms with E-state index in [0.29, 0.717) is 17.7 Å². The molecule has 0 fully saturated rings. The van der Waals surface area contributed by atoms with Crippen LogP contribution < -0.4 is 4.90 Å². The summed E-state index contributed by atoms with van der Waals surface area (Å²) in [5.41, 5.74) is 1.04. The number of anilines is 1. The standard InChI is InChI=1S/C16H13F2NO2/c1-19(10-20)13-7-5-11(6-8-13)15(21)9-12-3-2-4-14(17)16(12)18/h2-8,10H,9H2,1H3. The second-order valence-corrected chi connectivity index (χ2v) is 4.58. The number of ketones is 1. The fourth-order valence-corrected chi connectivity index (χ4v) is 1.90. The number of halogens is 2. The molecule has 108 valence electrons. The summed E-state index contributed by atoms with van der Waals surface area (Å²) in [5.74, 6) is -2.29. The number of hydrogen-bond donors (Lipinski definition) is 0. The summed E-state index contributed by atoms with van der Waals surface area (Å²) >= 11 is 0. The predicted octanol–water partition coefficient (Wildman–Crippen LogP) is 2.98. The van der Waals surface area contributed by atoms with Crippen LogP contribution in [0, 0.1) is 11.6 Å². The molecule has 0 saturated heterocycles. The molecule has 0 atom stereocenters. The van der Waals surface area contributed by atoms with Crippen molar-refractivity contribution in [3.05, 3.63) is 65.2 Å². The zero-order valence-electron chi connectivity index (χ0n) is 11.3. The highest BCUT2D eigenvalue weighted by molar-refractivity contribution is 5.98. The van der Waals surface area contributed by atoms with Gasteiger partial charge in [0.05, 0.1) is 0 Å². The number of carbonyl (C=O) groups is 2. The zero-order chi connectivity index (χ0) is 15.4. The van der Waals surface area contributed by atoms with E-state index in [2.05, 4.69) is 0 Å². The van der Waals surface area contributed by atoms with E-state index in [0.717, 1.165) is 6.07 Å². The molecular weight excluding hydrogens is 276 g/mol. The topological polar surface area (TPSA) is 37.4 Å². The van der Waals surface area contributed by atoms with Gasteiger partial charge in [-0.25, -0.2) is 8.78 Å². The molecule has 21 heavy (non-hydrogen) atoms. The molecule has 5 heteroatoms. The molecule has 0 unspecified atom stereocenters. The van der Waals surface area contributed by atoms with Crippen LogP contribution in [-0.4, -0.2) is 19.2 Å². The minimum atomic E-state index is -0.997. The number of Topliss-reactive ketones (excluding diaryl/α,β-unsaturated/α-hetero) is 1. The van der Waals surface area contributed by atoms with Crippen LogP contribution in [-0.2, 0) is 11.2 Å². The van der Waals surface area contributed by atoms with E-state index in [1.807, 2.05) is 0 Å². The van der Waals surface area contributed by atoms with E-state index in [-0.39, 0.29) is 17.8 Å². The number of nitrogens with zero attached hydrogens (tertiary/aromatic N) is 1. The molecule has 0 aliphatic heterocycles. The Morgan fingerprint density at radius 2 is 1.81 bits per heavy atom. The van der Waals surface area contributed by atoms with E-state index in [1.54, 1.807) is 31.3 Å². The maximum atomic E-state index is 13.5. The lowest BCUT2D eigenvalue weighted by Gasteiger charge is -2.11. The minimum absolute atomic E-state index is 0.0223. The Balaban J connectivity index is 2.17. The molecule has 0 bridgehead atoms. The van der Waals surface area contributed by atoms with Gasteiger partial charge in [-0.2, -0.15) is 0 Å². The number of hydrogen-bond acceptors (Lipinski definition) is 2. The van der Waals surface area contributed by atoms with E-state index < -0.39 is 11.6 Å². The molecule has 2 aromatic carbocycles. The first-order valence-corrected chi connectivity index (χ1v) is 6.27. The molecule has 0 aromatic heterocycles. The van der Waals surface area contributed by atoms with Crippen LogP contribution in [0.1, 0.15) is 15.9 Å². The van der Waals surface area contributed by atoms with Crippen molar-refractivity contribution < 1.29 is 18.4 Å². The van der Waals surface area contributed by atoms with Crippen LogP contribution >= 0.6 is 0 Å². The molecule has 2 rings (SSSR count). The maximum absolute atomic E-state index is 13.5. The monoisotopic (exact) mass is 289 g/mol.